The van der Waals surface area contributed by atoms with E-state index in [2.05, 4.69) is 0 Å². The summed E-state index contributed by atoms with van der Waals surface area (Å²) in [4.78, 5) is 36.6. The molecule has 0 aromatic heterocycles. The van der Waals surface area contributed by atoms with Crippen molar-refractivity contribution in [2.24, 2.45) is 0 Å². The molecule has 0 saturated heterocycles. The zero-order valence-electron chi connectivity index (χ0n) is 10.7. The molecule has 0 saturated carbocycles. The Kier molecular flexibility index (Phi) is 2.14. The van der Waals surface area contributed by atoms with Gasteiger partial charge in [0.15, 0.2) is 11.6 Å². The summed E-state index contributed by atoms with van der Waals surface area (Å²) in [7, 11) is 0. The number of carbonyl (C=O) groups excluding carboxylic acids is 3. The summed E-state index contributed by atoms with van der Waals surface area (Å²) in [5, 5.41) is 10.1. The van der Waals surface area contributed by atoms with Gasteiger partial charge in [0, 0.05) is 16.7 Å². The summed E-state index contributed by atoms with van der Waals surface area (Å²) < 4.78 is 5.07. The predicted molar refractivity (Wildman–Crippen MR) is 70.8 cm³/mol. The maximum Gasteiger partial charge on any atom is 0.315 e. The van der Waals surface area contributed by atoms with Crippen molar-refractivity contribution < 1.29 is 24.2 Å². The van der Waals surface area contributed by atoms with E-state index < -0.39 is 17.5 Å². The molecule has 0 fully saturated rings. The Morgan fingerprint density at radius 1 is 0.952 bits per heavy atom. The molecule has 1 N–H and O–H groups in total. The van der Waals surface area contributed by atoms with Gasteiger partial charge in [-0.05, 0) is 6.07 Å². The highest BCUT2D eigenvalue weighted by atomic mass is 16.5. The number of hydrogen-bond acceptors (Lipinski definition) is 5. The molecule has 2 aromatic carbocycles. The standard InChI is InChI=1S/C16H8O5/c17-10-5-7-6-11(18)21-16(7)13-12(10)14(19)8-3-1-2-4-9(8)15(13)20/h1-5,17H,6H2. The van der Waals surface area contributed by atoms with Gasteiger partial charge in [-0.3, -0.25) is 14.4 Å². The van der Waals surface area contributed by atoms with Crippen molar-refractivity contribution in [3.05, 3.63) is 58.1 Å². The molecule has 21 heavy (non-hydrogen) atoms. The van der Waals surface area contributed by atoms with Crippen LogP contribution in [0.15, 0.2) is 30.3 Å². The fraction of sp³-hybridized carbons (Fsp3) is 0.0625. The van der Waals surface area contributed by atoms with Gasteiger partial charge in [0.1, 0.15) is 11.5 Å². The summed E-state index contributed by atoms with van der Waals surface area (Å²) in [6.45, 7) is 0. The van der Waals surface area contributed by atoms with Crippen LogP contribution in [0.5, 0.6) is 11.5 Å². The van der Waals surface area contributed by atoms with E-state index in [0.29, 0.717) is 5.56 Å². The summed E-state index contributed by atoms with van der Waals surface area (Å²) in [6.07, 6.45) is -0.0146. The van der Waals surface area contributed by atoms with E-state index in [1.54, 1.807) is 18.2 Å². The van der Waals surface area contributed by atoms with Crippen LogP contribution in [0, 0.1) is 0 Å². The molecule has 102 valence electrons. The number of rotatable bonds is 0. The highest BCUT2D eigenvalue weighted by Gasteiger charge is 2.38. The second-order valence-corrected chi connectivity index (χ2v) is 4.99. The maximum atomic E-state index is 12.6. The lowest BCUT2D eigenvalue weighted by atomic mass is 9.82. The first-order valence-corrected chi connectivity index (χ1v) is 6.36. The fourth-order valence-corrected chi connectivity index (χ4v) is 2.85. The Bertz CT molecular complexity index is 863. The molecule has 0 unspecified atom stereocenters. The SMILES string of the molecule is O=C1Cc2cc(O)c3c(c2O1)C(=O)c1ccccc1C3=O. The van der Waals surface area contributed by atoms with E-state index >= 15 is 0 Å². The quantitative estimate of drug-likeness (QED) is 0.500. The van der Waals surface area contributed by atoms with Crippen molar-refractivity contribution in [3.63, 3.8) is 0 Å². The van der Waals surface area contributed by atoms with Crippen LogP contribution in [0.25, 0.3) is 0 Å². The third-order valence-electron chi connectivity index (χ3n) is 3.76. The molecule has 0 radical (unpaired) electrons. The minimum absolute atomic E-state index is 0.0143. The van der Waals surface area contributed by atoms with Crippen molar-refractivity contribution in [1.29, 1.82) is 0 Å². The minimum atomic E-state index is -0.503. The molecule has 0 amide bonds. The lowest BCUT2D eigenvalue weighted by Gasteiger charge is -2.19. The number of hydrogen-bond donors (Lipinski definition) is 1. The number of carbonyl (C=O) groups is 3. The second-order valence-electron chi connectivity index (χ2n) is 4.99. The average molecular weight is 280 g/mol. The normalized spacial score (nSPS) is 15.3. The first-order valence-electron chi connectivity index (χ1n) is 6.36. The van der Waals surface area contributed by atoms with Crippen LogP contribution < -0.4 is 4.74 Å². The van der Waals surface area contributed by atoms with Gasteiger partial charge >= 0.3 is 5.97 Å². The number of phenolic OH excluding ortho intramolecular Hbond substituents is 1. The minimum Gasteiger partial charge on any atom is -0.507 e. The van der Waals surface area contributed by atoms with E-state index in [4.69, 9.17) is 4.74 Å². The Labute approximate surface area is 118 Å². The predicted octanol–water partition coefficient (Wildman–Crippen LogP) is 1.63. The molecule has 5 heteroatoms. The molecule has 1 aliphatic heterocycles. The van der Waals surface area contributed by atoms with E-state index in [0.717, 1.165) is 0 Å². The Morgan fingerprint density at radius 3 is 2.24 bits per heavy atom. The molecule has 2 aromatic rings. The van der Waals surface area contributed by atoms with Crippen molar-refractivity contribution in [3.8, 4) is 11.5 Å². The van der Waals surface area contributed by atoms with Crippen LogP contribution in [0.3, 0.4) is 0 Å². The summed E-state index contributed by atoms with van der Waals surface area (Å²) in [5.74, 6) is -1.56. The van der Waals surface area contributed by atoms with Crippen LogP contribution >= 0.6 is 0 Å². The lowest BCUT2D eigenvalue weighted by molar-refractivity contribution is -0.131. The number of benzene rings is 2. The smallest absolute Gasteiger partial charge is 0.315 e. The van der Waals surface area contributed by atoms with Crippen molar-refractivity contribution in [2.45, 2.75) is 6.42 Å². The largest absolute Gasteiger partial charge is 0.507 e. The zero-order valence-corrected chi connectivity index (χ0v) is 10.7. The van der Waals surface area contributed by atoms with Crippen LogP contribution in [0.4, 0.5) is 0 Å². The highest BCUT2D eigenvalue weighted by Crippen LogP contribution is 2.42. The van der Waals surface area contributed by atoms with E-state index in [1.165, 1.54) is 12.1 Å². The summed E-state index contributed by atoms with van der Waals surface area (Å²) in [6, 6.07) is 7.71. The molecule has 0 bridgehead atoms. The second kappa shape index (κ2) is 3.79. The Balaban J connectivity index is 2.08. The molecule has 2 aliphatic rings. The Morgan fingerprint density at radius 2 is 1.57 bits per heavy atom. The highest BCUT2D eigenvalue weighted by molar-refractivity contribution is 6.30. The van der Waals surface area contributed by atoms with Crippen molar-refractivity contribution in [1.82, 2.24) is 0 Å². The molecular weight excluding hydrogens is 272 g/mol. The lowest BCUT2D eigenvalue weighted by Crippen LogP contribution is -2.21. The average Bonchev–Trinajstić information content (AvgIpc) is 2.83. The van der Waals surface area contributed by atoms with Gasteiger partial charge in [0.05, 0.1) is 17.5 Å². The molecule has 0 spiro atoms. The third-order valence-corrected chi connectivity index (χ3v) is 3.76. The molecule has 0 atom stereocenters. The zero-order chi connectivity index (χ0) is 14.7. The molecule has 4 rings (SSSR count). The van der Waals surface area contributed by atoms with Crippen molar-refractivity contribution in [2.75, 3.05) is 0 Å². The van der Waals surface area contributed by atoms with Gasteiger partial charge in [0.25, 0.3) is 0 Å². The van der Waals surface area contributed by atoms with Crippen LogP contribution in [-0.2, 0) is 11.2 Å². The van der Waals surface area contributed by atoms with Gasteiger partial charge in [-0.15, -0.1) is 0 Å². The number of ether oxygens (including phenoxy) is 1. The third kappa shape index (κ3) is 1.43. The number of ketones is 2. The number of aromatic hydroxyl groups is 1. The van der Waals surface area contributed by atoms with Crippen molar-refractivity contribution >= 4 is 17.5 Å². The fourth-order valence-electron chi connectivity index (χ4n) is 2.85. The monoisotopic (exact) mass is 280 g/mol. The topological polar surface area (TPSA) is 80.7 Å². The Hall–Kier alpha value is -2.95. The number of fused-ring (bicyclic) bond motifs is 4. The maximum absolute atomic E-state index is 12.6. The first-order chi connectivity index (χ1) is 10.1. The van der Waals surface area contributed by atoms with Crippen LogP contribution in [0.2, 0.25) is 0 Å². The molecule has 5 nitrogen and oxygen atoms in total. The van der Waals surface area contributed by atoms with E-state index in [9.17, 15) is 19.5 Å². The first kappa shape index (κ1) is 11.8. The summed E-state index contributed by atoms with van der Waals surface area (Å²) in [5.41, 5.74) is 0.823. The van der Waals surface area contributed by atoms with Gasteiger partial charge in [-0.25, -0.2) is 0 Å². The van der Waals surface area contributed by atoms with Crippen LogP contribution in [0.1, 0.15) is 37.4 Å². The molecular formula is C16H8O5. The van der Waals surface area contributed by atoms with Gasteiger partial charge in [0.2, 0.25) is 0 Å². The summed E-state index contributed by atoms with van der Waals surface area (Å²) >= 11 is 0. The number of esters is 1. The van der Waals surface area contributed by atoms with E-state index in [-0.39, 0.29) is 40.2 Å². The molecule has 1 heterocycles. The van der Waals surface area contributed by atoms with Gasteiger partial charge in [-0.2, -0.15) is 0 Å². The molecule has 1 aliphatic carbocycles. The van der Waals surface area contributed by atoms with Crippen LogP contribution in [-0.4, -0.2) is 22.6 Å². The van der Waals surface area contributed by atoms with E-state index in [1.807, 2.05) is 0 Å². The van der Waals surface area contributed by atoms with Gasteiger partial charge < -0.3 is 9.84 Å². The van der Waals surface area contributed by atoms with Gasteiger partial charge in [-0.1, -0.05) is 24.3 Å². The number of phenols is 1.